The van der Waals surface area contributed by atoms with E-state index in [0.717, 1.165) is 23.1 Å². The molecule has 1 saturated carbocycles. The van der Waals surface area contributed by atoms with Crippen molar-refractivity contribution in [2.24, 2.45) is 0 Å². The zero-order valence-electron chi connectivity index (χ0n) is 12.9. The van der Waals surface area contributed by atoms with E-state index in [2.05, 4.69) is 15.0 Å². The van der Waals surface area contributed by atoms with Gasteiger partial charge in [-0.1, -0.05) is 17.7 Å². The second-order valence-corrected chi connectivity index (χ2v) is 6.43. The van der Waals surface area contributed by atoms with Crippen LogP contribution in [0.25, 0.3) is 11.0 Å². The van der Waals surface area contributed by atoms with Crippen molar-refractivity contribution in [2.75, 3.05) is 0 Å². The lowest BCUT2D eigenvalue weighted by atomic mass is 10.0. The van der Waals surface area contributed by atoms with Crippen LogP contribution in [-0.2, 0) is 0 Å². The Hall–Kier alpha value is -2.53. The summed E-state index contributed by atoms with van der Waals surface area (Å²) in [5, 5.41) is 10.5. The maximum atomic E-state index is 11.0. The number of halogens is 1. The molecule has 2 aromatic heterocycles. The van der Waals surface area contributed by atoms with Gasteiger partial charge >= 0.3 is 5.97 Å². The lowest BCUT2D eigenvalue weighted by Crippen LogP contribution is -1.99. The number of hydrogen-bond donors (Lipinski definition) is 1. The molecule has 3 aromatic rings. The van der Waals surface area contributed by atoms with Gasteiger partial charge in [-0.15, -0.1) is 0 Å². The molecular formula is C18H14ClN3O2. The van der Waals surface area contributed by atoms with Gasteiger partial charge in [-0.2, -0.15) is 0 Å². The van der Waals surface area contributed by atoms with E-state index in [-0.39, 0.29) is 17.4 Å². The van der Waals surface area contributed by atoms with E-state index in [4.69, 9.17) is 16.7 Å². The van der Waals surface area contributed by atoms with Crippen molar-refractivity contribution in [1.82, 2.24) is 15.0 Å². The van der Waals surface area contributed by atoms with Gasteiger partial charge in [0.25, 0.3) is 0 Å². The van der Waals surface area contributed by atoms with Crippen LogP contribution in [0, 0.1) is 6.92 Å². The summed E-state index contributed by atoms with van der Waals surface area (Å²) >= 11 is 6.30. The molecule has 0 amide bonds. The molecule has 0 bridgehead atoms. The molecule has 2 heterocycles. The first-order chi connectivity index (χ1) is 11.5. The summed E-state index contributed by atoms with van der Waals surface area (Å²) in [5.74, 6) is 0.234. The second-order valence-electron chi connectivity index (χ2n) is 6.02. The molecular weight excluding hydrogens is 326 g/mol. The Bertz CT molecular complexity index is 974. The minimum absolute atomic E-state index is 0.202. The van der Waals surface area contributed by atoms with Crippen molar-refractivity contribution in [2.45, 2.75) is 25.2 Å². The van der Waals surface area contributed by atoms with Crippen LogP contribution in [0.4, 0.5) is 0 Å². The van der Waals surface area contributed by atoms with E-state index in [9.17, 15) is 4.79 Å². The third kappa shape index (κ3) is 2.51. The predicted octanol–water partition coefficient (Wildman–Crippen LogP) is 3.96. The molecule has 1 N–H and O–H groups in total. The van der Waals surface area contributed by atoms with Gasteiger partial charge in [0.1, 0.15) is 5.82 Å². The Kier molecular flexibility index (Phi) is 3.46. The van der Waals surface area contributed by atoms with Crippen LogP contribution in [0.1, 0.15) is 45.7 Å². The highest BCUT2D eigenvalue weighted by atomic mass is 35.5. The fourth-order valence-corrected chi connectivity index (χ4v) is 3.50. The summed E-state index contributed by atoms with van der Waals surface area (Å²) in [6.07, 6.45) is 2.66. The fourth-order valence-electron chi connectivity index (χ4n) is 3.18. The van der Waals surface area contributed by atoms with Crippen LogP contribution in [0.5, 0.6) is 0 Å². The summed E-state index contributed by atoms with van der Waals surface area (Å²) in [6, 6.07) is 8.80. The Labute approximate surface area is 143 Å². The van der Waals surface area contributed by atoms with Gasteiger partial charge in [0.15, 0.2) is 5.65 Å². The van der Waals surface area contributed by atoms with Gasteiger partial charge in [0.2, 0.25) is 0 Å². The molecule has 120 valence electrons. The quantitative estimate of drug-likeness (QED) is 0.781. The average molecular weight is 340 g/mol. The van der Waals surface area contributed by atoms with Crippen molar-refractivity contribution in [3.8, 4) is 0 Å². The molecule has 6 heteroatoms. The van der Waals surface area contributed by atoms with Crippen LogP contribution in [0.3, 0.4) is 0 Å². The molecule has 1 fully saturated rings. The van der Waals surface area contributed by atoms with E-state index in [0.29, 0.717) is 16.5 Å². The molecule has 1 aromatic carbocycles. The van der Waals surface area contributed by atoms with Gasteiger partial charge in [0.05, 0.1) is 11.3 Å². The molecule has 1 aliphatic carbocycles. The number of carboxylic acids is 1. The maximum Gasteiger partial charge on any atom is 0.335 e. The molecule has 5 nitrogen and oxygen atoms in total. The standard InChI is InChI=1S/C18H14ClN3O2/c1-9-21-16(12-3-2-6-20-17(12)22-9)14-8-13(14)11-5-4-10(18(23)24)7-15(11)19/h2-7,13-14H,8H2,1H3,(H,23,24). The van der Waals surface area contributed by atoms with Crippen molar-refractivity contribution >= 4 is 28.6 Å². The first kappa shape index (κ1) is 15.0. The highest BCUT2D eigenvalue weighted by Gasteiger charge is 2.42. The van der Waals surface area contributed by atoms with Crippen molar-refractivity contribution in [3.63, 3.8) is 0 Å². The Balaban J connectivity index is 1.71. The predicted molar refractivity (Wildman–Crippen MR) is 90.6 cm³/mol. The first-order valence-electron chi connectivity index (χ1n) is 7.66. The lowest BCUT2D eigenvalue weighted by Gasteiger charge is -2.07. The Morgan fingerprint density at radius 3 is 2.83 bits per heavy atom. The summed E-state index contributed by atoms with van der Waals surface area (Å²) in [5.41, 5.74) is 2.88. The van der Waals surface area contributed by atoms with Crippen molar-refractivity contribution in [1.29, 1.82) is 0 Å². The van der Waals surface area contributed by atoms with Crippen LogP contribution >= 0.6 is 11.6 Å². The second kappa shape index (κ2) is 5.53. The number of nitrogens with zero attached hydrogens (tertiary/aromatic N) is 3. The largest absolute Gasteiger partial charge is 0.478 e. The Morgan fingerprint density at radius 1 is 1.25 bits per heavy atom. The van der Waals surface area contributed by atoms with Crippen LogP contribution in [0.15, 0.2) is 36.5 Å². The van der Waals surface area contributed by atoms with Crippen LogP contribution in [-0.4, -0.2) is 26.0 Å². The third-order valence-electron chi connectivity index (χ3n) is 4.40. The van der Waals surface area contributed by atoms with E-state index in [1.54, 1.807) is 12.3 Å². The average Bonchev–Trinajstić information content (AvgIpc) is 3.34. The van der Waals surface area contributed by atoms with E-state index >= 15 is 0 Å². The molecule has 2 unspecified atom stereocenters. The summed E-state index contributed by atoms with van der Waals surface area (Å²) in [7, 11) is 0. The van der Waals surface area contributed by atoms with E-state index in [1.807, 2.05) is 25.1 Å². The van der Waals surface area contributed by atoms with Crippen molar-refractivity contribution < 1.29 is 9.90 Å². The molecule has 1 aliphatic rings. The molecule has 24 heavy (non-hydrogen) atoms. The van der Waals surface area contributed by atoms with Gasteiger partial charge in [-0.25, -0.2) is 19.7 Å². The monoisotopic (exact) mass is 339 g/mol. The summed E-state index contributed by atoms with van der Waals surface area (Å²) in [6.45, 7) is 1.86. The molecule has 0 radical (unpaired) electrons. The van der Waals surface area contributed by atoms with E-state index in [1.165, 1.54) is 6.07 Å². The fraction of sp³-hybridized carbons (Fsp3) is 0.222. The topological polar surface area (TPSA) is 76.0 Å². The smallest absolute Gasteiger partial charge is 0.335 e. The van der Waals surface area contributed by atoms with Gasteiger partial charge in [-0.05, 0) is 49.1 Å². The SMILES string of the molecule is Cc1nc(C2CC2c2ccc(C(=O)O)cc2Cl)c2cccnc2n1. The maximum absolute atomic E-state index is 11.0. The summed E-state index contributed by atoms with van der Waals surface area (Å²) < 4.78 is 0. The zero-order chi connectivity index (χ0) is 16.8. The number of pyridine rings is 1. The zero-order valence-corrected chi connectivity index (χ0v) is 13.7. The molecule has 2 atom stereocenters. The molecule has 0 spiro atoms. The molecule has 0 saturated heterocycles. The highest BCUT2D eigenvalue weighted by Crippen LogP contribution is 2.56. The van der Waals surface area contributed by atoms with Gasteiger partial charge in [-0.3, -0.25) is 0 Å². The van der Waals surface area contributed by atoms with Crippen LogP contribution < -0.4 is 0 Å². The third-order valence-corrected chi connectivity index (χ3v) is 4.73. The highest BCUT2D eigenvalue weighted by molar-refractivity contribution is 6.31. The number of aromatic carboxylic acids is 1. The number of aryl methyl sites for hydroxylation is 1. The lowest BCUT2D eigenvalue weighted by molar-refractivity contribution is 0.0697. The number of fused-ring (bicyclic) bond motifs is 1. The van der Waals surface area contributed by atoms with Gasteiger partial charge in [0, 0.05) is 22.5 Å². The number of carboxylic acid groups (broad SMARTS) is 1. The first-order valence-corrected chi connectivity index (χ1v) is 8.04. The molecule has 0 aliphatic heterocycles. The van der Waals surface area contributed by atoms with E-state index < -0.39 is 5.97 Å². The number of aromatic nitrogens is 3. The number of carbonyl (C=O) groups is 1. The summed E-state index contributed by atoms with van der Waals surface area (Å²) in [4.78, 5) is 24.4. The minimum atomic E-state index is -0.973. The van der Waals surface area contributed by atoms with Crippen molar-refractivity contribution in [3.05, 3.63) is 64.2 Å². The normalized spacial score (nSPS) is 19.4. The number of rotatable bonds is 3. The molecule has 4 rings (SSSR count). The number of benzene rings is 1. The van der Waals surface area contributed by atoms with Crippen LogP contribution in [0.2, 0.25) is 5.02 Å². The number of hydrogen-bond acceptors (Lipinski definition) is 4. The minimum Gasteiger partial charge on any atom is -0.478 e. The Morgan fingerprint density at radius 2 is 2.08 bits per heavy atom. The van der Waals surface area contributed by atoms with Gasteiger partial charge < -0.3 is 5.11 Å².